The summed E-state index contributed by atoms with van der Waals surface area (Å²) in [6.45, 7) is 2.22. The zero-order valence-electron chi connectivity index (χ0n) is 12.6. The van der Waals surface area contributed by atoms with Crippen molar-refractivity contribution in [3.63, 3.8) is 0 Å². The fourth-order valence-electron chi connectivity index (χ4n) is 3.21. The van der Waals surface area contributed by atoms with Gasteiger partial charge in [0.2, 0.25) is 5.91 Å². The SMILES string of the molecule is COC(=O)c1sccc1NC(=O)CN1CCC2CCC(C1)N2. The van der Waals surface area contributed by atoms with E-state index in [2.05, 4.69) is 15.5 Å². The first-order chi connectivity index (χ1) is 10.7. The van der Waals surface area contributed by atoms with Gasteiger partial charge in [0.1, 0.15) is 4.88 Å². The molecule has 7 heteroatoms. The Morgan fingerprint density at radius 1 is 1.41 bits per heavy atom. The van der Waals surface area contributed by atoms with Gasteiger partial charge in [0.15, 0.2) is 0 Å². The topological polar surface area (TPSA) is 70.7 Å². The minimum absolute atomic E-state index is 0.0821. The van der Waals surface area contributed by atoms with Crippen molar-refractivity contribution in [2.45, 2.75) is 31.3 Å². The molecule has 6 nitrogen and oxygen atoms in total. The number of esters is 1. The summed E-state index contributed by atoms with van der Waals surface area (Å²) in [5.74, 6) is -0.497. The van der Waals surface area contributed by atoms with Gasteiger partial charge in [-0.15, -0.1) is 11.3 Å². The van der Waals surface area contributed by atoms with Gasteiger partial charge in [0.25, 0.3) is 0 Å². The molecule has 1 amide bonds. The van der Waals surface area contributed by atoms with Crippen LogP contribution in [0, 0.1) is 0 Å². The number of hydrogen-bond donors (Lipinski definition) is 2. The second kappa shape index (κ2) is 6.76. The fraction of sp³-hybridized carbons (Fsp3) is 0.600. The number of amides is 1. The molecule has 0 radical (unpaired) electrons. The van der Waals surface area contributed by atoms with Crippen LogP contribution in [0.4, 0.5) is 5.69 Å². The molecule has 2 fully saturated rings. The van der Waals surface area contributed by atoms with Crippen molar-refractivity contribution in [3.8, 4) is 0 Å². The molecule has 0 aliphatic carbocycles. The highest BCUT2D eigenvalue weighted by molar-refractivity contribution is 7.12. The lowest BCUT2D eigenvalue weighted by atomic mass is 10.1. The van der Waals surface area contributed by atoms with Gasteiger partial charge in [0.05, 0.1) is 19.3 Å². The highest BCUT2D eigenvalue weighted by Crippen LogP contribution is 2.23. The molecule has 3 rings (SSSR count). The zero-order chi connectivity index (χ0) is 15.5. The third kappa shape index (κ3) is 3.48. The van der Waals surface area contributed by atoms with Crippen LogP contribution in [-0.2, 0) is 9.53 Å². The van der Waals surface area contributed by atoms with E-state index in [9.17, 15) is 9.59 Å². The second-order valence-electron chi connectivity index (χ2n) is 5.86. The Morgan fingerprint density at radius 2 is 2.23 bits per heavy atom. The molecular formula is C15H21N3O3S. The smallest absolute Gasteiger partial charge is 0.350 e. The van der Waals surface area contributed by atoms with Gasteiger partial charge in [-0.2, -0.15) is 0 Å². The molecule has 0 aromatic carbocycles. The molecule has 2 aliphatic rings. The van der Waals surface area contributed by atoms with Gasteiger partial charge < -0.3 is 15.4 Å². The van der Waals surface area contributed by atoms with E-state index in [0.29, 0.717) is 29.2 Å². The monoisotopic (exact) mass is 323 g/mol. The summed E-state index contributed by atoms with van der Waals surface area (Å²) in [7, 11) is 1.34. The van der Waals surface area contributed by atoms with Crippen LogP contribution in [-0.4, -0.2) is 55.6 Å². The average Bonchev–Trinajstić information content (AvgIpc) is 3.07. The summed E-state index contributed by atoms with van der Waals surface area (Å²) in [4.78, 5) is 26.5. The maximum atomic E-state index is 12.2. The molecule has 3 heterocycles. The van der Waals surface area contributed by atoms with Gasteiger partial charge in [0, 0.05) is 25.2 Å². The van der Waals surface area contributed by atoms with Crippen LogP contribution in [0.15, 0.2) is 11.4 Å². The number of anilines is 1. The van der Waals surface area contributed by atoms with E-state index >= 15 is 0 Å². The van der Waals surface area contributed by atoms with Crippen LogP contribution >= 0.6 is 11.3 Å². The molecule has 2 aliphatic heterocycles. The number of nitrogens with one attached hydrogen (secondary N) is 2. The number of thiophene rings is 1. The third-order valence-corrected chi connectivity index (χ3v) is 5.18. The molecule has 2 N–H and O–H groups in total. The molecule has 120 valence electrons. The lowest BCUT2D eigenvalue weighted by molar-refractivity contribution is -0.117. The molecule has 2 atom stereocenters. The number of ether oxygens (including phenoxy) is 1. The first-order valence-electron chi connectivity index (χ1n) is 7.60. The van der Waals surface area contributed by atoms with Crippen LogP contribution < -0.4 is 10.6 Å². The molecular weight excluding hydrogens is 302 g/mol. The fourth-order valence-corrected chi connectivity index (χ4v) is 3.98. The lowest BCUT2D eigenvalue weighted by Gasteiger charge is -2.23. The highest BCUT2D eigenvalue weighted by Gasteiger charge is 2.30. The zero-order valence-corrected chi connectivity index (χ0v) is 13.4. The summed E-state index contributed by atoms with van der Waals surface area (Å²) in [5.41, 5.74) is 0.538. The van der Waals surface area contributed by atoms with E-state index in [1.54, 1.807) is 11.4 Å². The largest absolute Gasteiger partial charge is 0.465 e. The van der Waals surface area contributed by atoms with Crippen LogP contribution in [0.3, 0.4) is 0 Å². The van der Waals surface area contributed by atoms with Crippen molar-refractivity contribution in [2.24, 2.45) is 0 Å². The molecule has 1 aromatic heterocycles. The number of rotatable bonds is 4. The Bertz CT molecular complexity index is 560. The van der Waals surface area contributed by atoms with Crippen LogP contribution in [0.5, 0.6) is 0 Å². The van der Waals surface area contributed by atoms with Gasteiger partial charge in [-0.3, -0.25) is 9.69 Å². The van der Waals surface area contributed by atoms with Crippen molar-refractivity contribution < 1.29 is 14.3 Å². The van der Waals surface area contributed by atoms with Gasteiger partial charge in [-0.25, -0.2) is 4.79 Å². The Balaban J connectivity index is 1.56. The number of carbonyl (C=O) groups excluding carboxylic acids is 2. The first kappa shape index (κ1) is 15.5. The van der Waals surface area contributed by atoms with E-state index in [-0.39, 0.29) is 5.91 Å². The van der Waals surface area contributed by atoms with E-state index in [1.807, 2.05) is 0 Å². The number of nitrogens with zero attached hydrogens (tertiary/aromatic N) is 1. The van der Waals surface area contributed by atoms with E-state index in [4.69, 9.17) is 4.74 Å². The first-order valence-corrected chi connectivity index (χ1v) is 8.47. The van der Waals surface area contributed by atoms with Crippen molar-refractivity contribution in [1.82, 2.24) is 10.2 Å². The third-order valence-electron chi connectivity index (χ3n) is 4.28. The molecule has 2 bridgehead atoms. The van der Waals surface area contributed by atoms with Crippen molar-refractivity contribution in [3.05, 3.63) is 16.3 Å². The standard InChI is InChI=1S/C15H21N3O3S/c1-21-15(20)14-12(5-7-22-14)17-13(19)9-18-6-4-10-2-3-11(8-18)16-10/h5,7,10-11,16H,2-4,6,8-9H2,1H3,(H,17,19). The molecule has 22 heavy (non-hydrogen) atoms. The molecule has 0 saturated carbocycles. The van der Waals surface area contributed by atoms with E-state index < -0.39 is 5.97 Å². The van der Waals surface area contributed by atoms with Crippen molar-refractivity contribution in [1.29, 1.82) is 0 Å². The Kier molecular flexibility index (Phi) is 4.75. The van der Waals surface area contributed by atoms with Crippen LogP contribution in [0.1, 0.15) is 28.9 Å². The Morgan fingerprint density at radius 3 is 3.05 bits per heavy atom. The number of likely N-dealkylation sites (tertiary alicyclic amines) is 1. The minimum Gasteiger partial charge on any atom is -0.465 e. The maximum absolute atomic E-state index is 12.2. The van der Waals surface area contributed by atoms with Crippen LogP contribution in [0.2, 0.25) is 0 Å². The summed E-state index contributed by atoms with van der Waals surface area (Å²) < 4.78 is 4.72. The van der Waals surface area contributed by atoms with E-state index in [0.717, 1.165) is 19.5 Å². The minimum atomic E-state index is -0.415. The quantitative estimate of drug-likeness (QED) is 0.817. The number of fused-ring (bicyclic) bond motifs is 2. The number of hydrogen-bond acceptors (Lipinski definition) is 6. The predicted molar refractivity (Wildman–Crippen MR) is 85.3 cm³/mol. The summed E-state index contributed by atoms with van der Waals surface area (Å²) in [6, 6.07) is 2.86. The van der Waals surface area contributed by atoms with Gasteiger partial charge in [-0.05, 0) is 30.7 Å². The van der Waals surface area contributed by atoms with Gasteiger partial charge in [-0.1, -0.05) is 0 Å². The molecule has 0 spiro atoms. The lowest BCUT2D eigenvalue weighted by Crippen LogP contribution is -2.39. The molecule has 2 saturated heterocycles. The molecule has 2 unspecified atom stereocenters. The predicted octanol–water partition coefficient (Wildman–Crippen LogP) is 1.30. The summed E-state index contributed by atoms with van der Waals surface area (Å²) in [6.07, 6.45) is 3.54. The van der Waals surface area contributed by atoms with Crippen LogP contribution in [0.25, 0.3) is 0 Å². The summed E-state index contributed by atoms with van der Waals surface area (Å²) in [5, 5.41) is 8.20. The average molecular weight is 323 g/mol. The van der Waals surface area contributed by atoms with Crippen molar-refractivity contribution >= 4 is 28.9 Å². The molecule has 1 aromatic rings. The van der Waals surface area contributed by atoms with E-state index in [1.165, 1.54) is 31.3 Å². The Labute approximate surface area is 133 Å². The Hall–Kier alpha value is -1.44. The second-order valence-corrected chi connectivity index (χ2v) is 6.78. The number of carbonyl (C=O) groups is 2. The summed E-state index contributed by atoms with van der Waals surface area (Å²) >= 11 is 1.27. The maximum Gasteiger partial charge on any atom is 0.350 e. The highest BCUT2D eigenvalue weighted by atomic mass is 32.1. The van der Waals surface area contributed by atoms with Gasteiger partial charge >= 0.3 is 5.97 Å². The number of methoxy groups -OCH3 is 1. The normalized spacial score (nSPS) is 24.8. The van der Waals surface area contributed by atoms with Crippen molar-refractivity contribution in [2.75, 3.05) is 32.1 Å².